The SMILES string of the molecule is CCNCC(c1ccc(C(C)C)cc1)C(C)CC. The Morgan fingerprint density at radius 3 is 1.94 bits per heavy atom. The van der Waals surface area contributed by atoms with Gasteiger partial charge in [0.25, 0.3) is 0 Å². The van der Waals surface area contributed by atoms with Crippen LogP contribution in [-0.2, 0) is 0 Å². The van der Waals surface area contributed by atoms with Crippen molar-refractivity contribution in [1.29, 1.82) is 0 Å². The first-order valence-corrected chi connectivity index (χ1v) is 7.40. The highest BCUT2D eigenvalue weighted by Crippen LogP contribution is 2.27. The summed E-state index contributed by atoms with van der Waals surface area (Å²) >= 11 is 0. The maximum absolute atomic E-state index is 3.50. The van der Waals surface area contributed by atoms with Gasteiger partial charge in [0.05, 0.1) is 0 Å². The lowest BCUT2D eigenvalue weighted by Gasteiger charge is -2.24. The smallest absolute Gasteiger partial charge is 0.00226 e. The summed E-state index contributed by atoms with van der Waals surface area (Å²) in [5, 5.41) is 3.50. The van der Waals surface area contributed by atoms with Gasteiger partial charge in [0.1, 0.15) is 0 Å². The summed E-state index contributed by atoms with van der Waals surface area (Å²) in [5.74, 6) is 1.99. The van der Waals surface area contributed by atoms with Crippen molar-refractivity contribution in [2.45, 2.75) is 52.9 Å². The molecule has 0 amide bonds. The Balaban J connectivity index is 2.83. The van der Waals surface area contributed by atoms with Gasteiger partial charge in [0.15, 0.2) is 0 Å². The normalized spacial score (nSPS) is 14.8. The fourth-order valence-corrected chi connectivity index (χ4v) is 2.36. The highest BCUT2D eigenvalue weighted by atomic mass is 14.8. The average molecular weight is 247 g/mol. The molecule has 0 aliphatic carbocycles. The number of nitrogens with one attached hydrogen (secondary N) is 1. The highest BCUT2D eigenvalue weighted by Gasteiger charge is 2.17. The van der Waals surface area contributed by atoms with Crippen LogP contribution >= 0.6 is 0 Å². The Morgan fingerprint density at radius 2 is 1.50 bits per heavy atom. The lowest BCUT2D eigenvalue weighted by atomic mass is 9.84. The van der Waals surface area contributed by atoms with Crippen LogP contribution < -0.4 is 5.32 Å². The molecule has 0 aliphatic rings. The Bertz CT molecular complexity index is 326. The van der Waals surface area contributed by atoms with Crippen LogP contribution in [-0.4, -0.2) is 13.1 Å². The number of benzene rings is 1. The van der Waals surface area contributed by atoms with E-state index in [1.165, 1.54) is 17.5 Å². The Hall–Kier alpha value is -0.820. The molecule has 1 N–H and O–H groups in total. The maximum atomic E-state index is 3.50. The maximum Gasteiger partial charge on any atom is 0.00226 e. The Labute approximate surface area is 113 Å². The van der Waals surface area contributed by atoms with E-state index in [9.17, 15) is 0 Å². The van der Waals surface area contributed by atoms with Crippen LogP contribution in [0.3, 0.4) is 0 Å². The molecule has 0 aromatic heterocycles. The molecule has 0 bridgehead atoms. The van der Waals surface area contributed by atoms with Crippen LogP contribution in [0.25, 0.3) is 0 Å². The van der Waals surface area contributed by atoms with Gasteiger partial charge in [-0.05, 0) is 35.4 Å². The molecule has 1 heteroatoms. The molecule has 1 nitrogen and oxygen atoms in total. The molecule has 0 saturated carbocycles. The van der Waals surface area contributed by atoms with Crippen LogP contribution in [0.5, 0.6) is 0 Å². The second kappa shape index (κ2) is 7.58. The van der Waals surface area contributed by atoms with Crippen molar-refractivity contribution < 1.29 is 0 Å². The fourth-order valence-electron chi connectivity index (χ4n) is 2.36. The number of rotatable bonds is 7. The molecule has 0 fully saturated rings. The van der Waals surface area contributed by atoms with Crippen molar-refractivity contribution in [2.75, 3.05) is 13.1 Å². The third kappa shape index (κ3) is 4.13. The van der Waals surface area contributed by atoms with Gasteiger partial charge in [-0.1, -0.05) is 65.3 Å². The van der Waals surface area contributed by atoms with Gasteiger partial charge >= 0.3 is 0 Å². The molecular formula is C17H29N. The molecule has 0 spiro atoms. The predicted molar refractivity (Wildman–Crippen MR) is 81.3 cm³/mol. The minimum atomic E-state index is 0.620. The van der Waals surface area contributed by atoms with Crippen molar-refractivity contribution in [2.24, 2.45) is 5.92 Å². The van der Waals surface area contributed by atoms with E-state index in [2.05, 4.69) is 64.2 Å². The number of likely N-dealkylation sites (N-methyl/N-ethyl adjacent to an activating group) is 1. The lowest BCUT2D eigenvalue weighted by molar-refractivity contribution is 0.424. The van der Waals surface area contributed by atoms with Gasteiger partial charge in [0, 0.05) is 6.54 Å². The average Bonchev–Trinajstić information content (AvgIpc) is 2.39. The summed E-state index contributed by atoms with van der Waals surface area (Å²) < 4.78 is 0. The summed E-state index contributed by atoms with van der Waals surface area (Å²) in [6, 6.07) is 9.23. The van der Waals surface area contributed by atoms with Crippen molar-refractivity contribution in [1.82, 2.24) is 5.32 Å². The van der Waals surface area contributed by atoms with E-state index in [1.54, 1.807) is 0 Å². The zero-order chi connectivity index (χ0) is 13.5. The van der Waals surface area contributed by atoms with Crippen LogP contribution in [0.1, 0.15) is 64.0 Å². The van der Waals surface area contributed by atoms with Gasteiger partial charge in [-0.2, -0.15) is 0 Å². The number of hydrogen-bond donors (Lipinski definition) is 1. The third-order valence-electron chi connectivity index (χ3n) is 3.98. The molecule has 0 saturated heterocycles. The van der Waals surface area contributed by atoms with E-state index in [0.29, 0.717) is 11.8 Å². The van der Waals surface area contributed by atoms with Crippen LogP contribution in [0.2, 0.25) is 0 Å². The third-order valence-corrected chi connectivity index (χ3v) is 3.98. The monoisotopic (exact) mass is 247 g/mol. The van der Waals surface area contributed by atoms with E-state index >= 15 is 0 Å². The van der Waals surface area contributed by atoms with Crippen molar-refractivity contribution in [3.05, 3.63) is 35.4 Å². The first-order chi connectivity index (χ1) is 8.60. The second-order valence-electron chi connectivity index (χ2n) is 5.62. The minimum Gasteiger partial charge on any atom is -0.316 e. The molecule has 0 heterocycles. The summed E-state index contributed by atoms with van der Waals surface area (Å²) in [5.41, 5.74) is 2.92. The largest absolute Gasteiger partial charge is 0.316 e. The minimum absolute atomic E-state index is 0.620. The first-order valence-electron chi connectivity index (χ1n) is 7.40. The predicted octanol–water partition coefficient (Wildman–Crippen LogP) is 4.55. The van der Waals surface area contributed by atoms with Crippen LogP contribution in [0.4, 0.5) is 0 Å². The molecular weight excluding hydrogens is 218 g/mol. The second-order valence-corrected chi connectivity index (χ2v) is 5.62. The Kier molecular flexibility index (Phi) is 6.42. The fraction of sp³-hybridized carbons (Fsp3) is 0.647. The van der Waals surface area contributed by atoms with Gasteiger partial charge in [0.2, 0.25) is 0 Å². The molecule has 1 aromatic rings. The van der Waals surface area contributed by atoms with Crippen molar-refractivity contribution >= 4 is 0 Å². The van der Waals surface area contributed by atoms with Crippen LogP contribution in [0.15, 0.2) is 24.3 Å². The molecule has 1 aromatic carbocycles. The van der Waals surface area contributed by atoms with Crippen molar-refractivity contribution in [3.63, 3.8) is 0 Å². The molecule has 1 rings (SSSR count). The van der Waals surface area contributed by atoms with E-state index < -0.39 is 0 Å². The zero-order valence-electron chi connectivity index (χ0n) is 12.7. The van der Waals surface area contributed by atoms with E-state index in [1.807, 2.05) is 0 Å². The summed E-state index contributed by atoms with van der Waals surface area (Å²) in [6.07, 6.45) is 1.24. The van der Waals surface area contributed by atoms with Gasteiger partial charge in [-0.3, -0.25) is 0 Å². The summed E-state index contributed by atoms with van der Waals surface area (Å²) in [6.45, 7) is 13.5. The lowest BCUT2D eigenvalue weighted by Crippen LogP contribution is -2.25. The molecule has 2 atom stereocenters. The van der Waals surface area contributed by atoms with E-state index in [-0.39, 0.29) is 0 Å². The van der Waals surface area contributed by atoms with E-state index in [4.69, 9.17) is 0 Å². The summed E-state index contributed by atoms with van der Waals surface area (Å²) in [7, 11) is 0. The van der Waals surface area contributed by atoms with Gasteiger partial charge in [-0.15, -0.1) is 0 Å². The molecule has 2 unspecified atom stereocenters. The highest BCUT2D eigenvalue weighted by molar-refractivity contribution is 5.27. The Morgan fingerprint density at radius 1 is 0.944 bits per heavy atom. The van der Waals surface area contributed by atoms with Gasteiger partial charge < -0.3 is 5.32 Å². The standard InChI is InChI=1S/C17H29N/c1-6-14(5)17(12-18-7-2)16-10-8-15(9-11-16)13(3)4/h8-11,13-14,17-18H,6-7,12H2,1-5H3. The van der Waals surface area contributed by atoms with Gasteiger partial charge in [-0.25, -0.2) is 0 Å². The number of hydrogen-bond acceptors (Lipinski definition) is 1. The van der Waals surface area contributed by atoms with Crippen molar-refractivity contribution in [3.8, 4) is 0 Å². The topological polar surface area (TPSA) is 12.0 Å². The molecule has 0 radical (unpaired) electrons. The summed E-state index contributed by atoms with van der Waals surface area (Å²) in [4.78, 5) is 0. The van der Waals surface area contributed by atoms with E-state index in [0.717, 1.165) is 19.0 Å². The quantitative estimate of drug-likeness (QED) is 0.745. The molecule has 18 heavy (non-hydrogen) atoms. The zero-order valence-corrected chi connectivity index (χ0v) is 12.7. The molecule has 0 aliphatic heterocycles. The van der Waals surface area contributed by atoms with Crippen LogP contribution in [0, 0.1) is 5.92 Å². The molecule has 102 valence electrons. The first kappa shape index (κ1) is 15.2.